The van der Waals surface area contributed by atoms with Crippen LogP contribution in [0.5, 0.6) is 0 Å². The number of anilines is 1. The second kappa shape index (κ2) is 10.6. The third-order valence-corrected chi connectivity index (χ3v) is 7.66. The van der Waals surface area contributed by atoms with Gasteiger partial charge in [0.25, 0.3) is 11.5 Å². The highest BCUT2D eigenvalue weighted by atomic mass is 19.4. The molecule has 1 aliphatic heterocycles. The minimum absolute atomic E-state index is 0.0778. The van der Waals surface area contributed by atoms with Crippen LogP contribution in [0.2, 0.25) is 0 Å². The number of pyridine rings is 2. The number of nitriles is 1. The van der Waals surface area contributed by atoms with Crippen molar-refractivity contribution in [3.05, 3.63) is 68.3 Å². The van der Waals surface area contributed by atoms with Crippen molar-refractivity contribution in [1.82, 2.24) is 20.6 Å². The average Bonchev–Trinajstić information content (AvgIpc) is 3.75. The number of aryl methyl sites for hydroxylation is 1. The van der Waals surface area contributed by atoms with Gasteiger partial charge in [-0.15, -0.1) is 0 Å². The van der Waals surface area contributed by atoms with Gasteiger partial charge >= 0.3 is 6.18 Å². The quantitative estimate of drug-likeness (QED) is 0.424. The normalized spacial score (nSPS) is 18.7. The molecule has 40 heavy (non-hydrogen) atoms. The molecule has 0 radical (unpaired) electrons. The van der Waals surface area contributed by atoms with Crippen LogP contribution in [-0.4, -0.2) is 41.6 Å². The SMILES string of the molecule is Cc1cc2c(N3CCN[C@@H](C)CC3)c(C(=O)N[C@@H](C)c3ccc(C#N)c(C(F)(F)F)c3)c(=O)[nH]c2c(C2CC2)n1. The van der Waals surface area contributed by atoms with Crippen molar-refractivity contribution in [3.8, 4) is 6.07 Å². The highest BCUT2D eigenvalue weighted by Gasteiger charge is 2.35. The van der Waals surface area contributed by atoms with Gasteiger partial charge in [0, 0.05) is 42.7 Å². The number of carbonyl (C=O) groups is 1. The molecule has 1 saturated heterocycles. The average molecular weight is 553 g/mol. The first kappa shape index (κ1) is 27.6. The number of nitrogens with one attached hydrogen (secondary N) is 3. The predicted molar refractivity (Wildman–Crippen MR) is 145 cm³/mol. The fourth-order valence-electron chi connectivity index (χ4n) is 5.37. The van der Waals surface area contributed by atoms with E-state index in [1.807, 2.05) is 17.9 Å². The Morgan fingerprint density at radius 1 is 1.23 bits per heavy atom. The van der Waals surface area contributed by atoms with E-state index in [-0.39, 0.29) is 23.1 Å². The zero-order valence-corrected chi connectivity index (χ0v) is 22.6. The van der Waals surface area contributed by atoms with Crippen molar-refractivity contribution in [2.75, 3.05) is 24.5 Å². The first-order valence-electron chi connectivity index (χ1n) is 13.5. The van der Waals surface area contributed by atoms with Crippen molar-refractivity contribution in [2.45, 2.75) is 64.2 Å². The van der Waals surface area contributed by atoms with E-state index in [9.17, 15) is 22.8 Å². The Hall–Kier alpha value is -3.91. The molecular weight excluding hydrogens is 521 g/mol. The van der Waals surface area contributed by atoms with Gasteiger partial charge in [-0.25, -0.2) is 0 Å². The third-order valence-electron chi connectivity index (χ3n) is 7.66. The van der Waals surface area contributed by atoms with Gasteiger partial charge in [-0.1, -0.05) is 6.07 Å². The number of hydrogen-bond donors (Lipinski definition) is 3. The van der Waals surface area contributed by atoms with Gasteiger partial charge in [0.15, 0.2) is 0 Å². The molecule has 1 aromatic carbocycles. The number of fused-ring (bicyclic) bond motifs is 1. The molecule has 3 N–H and O–H groups in total. The highest BCUT2D eigenvalue weighted by Crippen LogP contribution is 2.43. The first-order chi connectivity index (χ1) is 19.0. The van der Waals surface area contributed by atoms with E-state index in [2.05, 4.69) is 22.5 Å². The van der Waals surface area contributed by atoms with Crippen LogP contribution in [0.25, 0.3) is 10.9 Å². The number of aromatic amines is 1. The van der Waals surface area contributed by atoms with E-state index in [0.717, 1.165) is 48.2 Å². The lowest BCUT2D eigenvalue weighted by Crippen LogP contribution is -2.37. The topological polar surface area (TPSA) is 114 Å². The molecule has 2 aromatic heterocycles. The number of carbonyl (C=O) groups excluding carboxylic acids is 1. The van der Waals surface area contributed by atoms with Gasteiger partial charge in [0.2, 0.25) is 0 Å². The standard InChI is InChI=1S/C29H31F3N6O2/c1-15-8-10-38(11-9-34-15)26-21-12-16(2)35-24(18-4-5-18)25(21)37-28(40)23(26)27(39)36-17(3)19-6-7-20(14-33)22(13-19)29(30,31)32/h6-7,12-13,15,17-18,34H,4-5,8-11H2,1-3H3,(H,36,39)(H,37,40)/t15-,17-/m0/s1. The van der Waals surface area contributed by atoms with Crippen LogP contribution in [-0.2, 0) is 6.18 Å². The van der Waals surface area contributed by atoms with Gasteiger partial charge in [-0.3, -0.25) is 14.6 Å². The van der Waals surface area contributed by atoms with Crippen LogP contribution >= 0.6 is 0 Å². The molecule has 0 bridgehead atoms. The fourth-order valence-corrected chi connectivity index (χ4v) is 5.37. The van der Waals surface area contributed by atoms with Crippen LogP contribution in [0.15, 0.2) is 29.1 Å². The molecule has 8 nitrogen and oxygen atoms in total. The highest BCUT2D eigenvalue weighted by molar-refractivity contribution is 6.08. The van der Waals surface area contributed by atoms with E-state index in [0.29, 0.717) is 30.8 Å². The molecule has 3 heterocycles. The molecule has 11 heteroatoms. The van der Waals surface area contributed by atoms with Gasteiger partial charge in [0.1, 0.15) is 5.56 Å². The van der Waals surface area contributed by atoms with E-state index in [1.54, 1.807) is 13.0 Å². The molecule has 5 rings (SSSR count). The number of rotatable bonds is 5. The Morgan fingerprint density at radius 3 is 2.65 bits per heavy atom. The van der Waals surface area contributed by atoms with E-state index in [1.165, 1.54) is 6.07 Å². The van der Waals surface area contributed by atoms with Crippen LogP contribution < -0.4 is 21.1 Å². The second-order valence-electron chi connectivity index (χ2n) is 10.8. The first-order valence-corrected chi connectivity index (χ1v) is 13.5. The molecule has 1 aliphatic carbocycles. The lowest BCUT2D eigenvalue weighted by atomic mass is 9.99. The Kier molecular flexibility index (Phi) is 7.31. The van der Waals surface area contributed by atoms with Gasteiger partial charge in [0.05, 0.1) is 40.1 Å². The summed E-state index contributed by atoms with van der Waals surface area (Å²) in [5, 5.41) is 16.0. The largest absolute Gasteiger partial charge is 0.417 e. The Balaban J connectivity index is 1.60. The van der Waals surface area contributed by atoms with Crippen molar-refractivity contribution in [3.63, 3.8) is 0 Å². The van der Waals surface area contributed by atoms with Crippen LogP contribution in [0.4, 0.5) is 18.9 Å². The molecule has 2 fully saturated rings. The molecular formula is C29H31F3N6O2. The number of aromatic nitrogens is 2. The molecule has 1 saturated carbocycles. The molecule has 210 valence electrons. The fraction of sp³-hybridized carbons (Fsp3) is 0.448. The zero-order valence-electron chi connectivity index (χ0n) is 22.6. The molecule has 3 aromatic rings. The third kappa shape index (κ3) is 5.41. The smallest absolute Gasteiger partial charge is 0.369 e. The summed E-state index contributed by atoms with van der Waals surface area (Å²) in [5.74, 6) is -0.424. The maximum absolute atomic E-state index is 13.8. The summed E-state index contributed by atoms with van der Waals surface area (Å²) in [4.78, 5) is 37.0. The van der Waals surface area contributed by atoms with Crippen molar-refractivity contribution in [1.29, 1.82) is 5.26 Å². The number of amides is 1. The molecule has 2 atom stereocenters. The van der Waals surface area contributed by atoms with E-state index >= 15 is 0 Å². The predicted octanol–water partition coefficient (Wildman–Crippen LogP) is 4.68. The van der Waals surface area contributed by atoms with Gasteiger partial charge in [-0.2, -0.15) is 18.4 Å². The minimum atomic E-state index is -4.73. The summed E-state index contributed by atoms with van der Waals surface area (Å²) in [5.41, 5.74) is 0.705. The van der Waals surface area contributed by atoms with E-state index < -0.39 is 34.8 Å². The molecule has 2 aliphatic rings. The molecule has 1 amide bonds. The van der Waals surface area contributed by atoms with Gasteiger partial charge in [-0.05, 0) is 63.8 Å². The lowest BCUT2D eigenvalue weighted by Gasteiger charge is -2.27. The van der Waals surface area contributed by atoms with Crippen molar-refractivity contribution in [2.24, 2.45) is 0 Å². The number of H-pyrrole nitrogens is 1. The summed E-state index contributed by atoms with van der Waals surface area (Å²) in [7, 11) is 0. The molecule has 0 unspecified atom stereocenters. The number of hydrogen-bond acceptors (Lipinski definition) is 6. The monoisotopic (exact) mass is 552 g/mol. The summed E-state index contributed by atoms with van der Waals surface area (Å²) in [6.07, 6.45) is -1.95. The Labute approximate surface area is 229 Å². The lowest BCUT2D eigenvalue weighted by molar-refractivity contribution is -0.137. The summed E-state index contributed by atoms with van der Waals surface area (Å²) in [6.45, 7) is 7.37. The van der Waals surface area contributed by atoms with Crippen LogP contribution in [0.3, 0.4) is 0 Å². The van der Waals surface area contributed by atoms with Crippen LogP contribution in [0, 0.1) is 18.3 Å². The van der Waals surface area contributed by atoms with Crippen molar-refractivity contribution < 1.29 is 18.0 Å². The zero-order chi connectivity index (χ0) is 28.8. The molecule has 0 spiro atoms. The number of alkyl halides is 3. The summed E-state index contributed by atoms with van der Waals surface area (Å²) >= 11 is 0. The summed E-state index contributed by atoms with van der Waals surface area (Å²) in [6, 6.07) is 6.18. The Morgan fingerprint density at radius 2 is 1.98 bits per heavy atom. The van der Waals surface area contributed by atoms with E-state index in [4.69, 9.17) is 10.2 Å². The number of halogens is 3. The number of benzene rings is 1. The maximum atomic E-state index is 13.8. The minimum Gasteiger partial charge on any atom is -0.369 e. The van der Waals surface area contributed by atoms with Crippen LogP contribution in [0.1, 0.15) is 83.5 Å². The maximum Gasteiger partial charge on any atom is 0.417 e. The summed E-state index contributed by atoms with van der Waals surface area (Å²) < 4.78 is 40.7. The Bertz CT molecular complexity index is 1570. The second-order valence-corrected chi connectivity index (χ2v) is 10.8. The van der Waals surface area contributed by atoms with Crippen molar-refractivity contribution >= 4 is 22.5 Å². The number of nitrogens with zero attached hydrogens (tertiary/aromatic N) is 3. The van der Waals surface area contributed by atoms with Gasteiger partial charge < -0.3 is 20.5 Å².